The molecule has 0 atom stereocenters. The average molecular weight is 498 g/mol. The van der Waals surface area contributed by atoms with Crippen molar-refractivity contribution in [3.63, 3.8) is 0 Å². The molecule has 188 valence electrons. The van der Waals surface area contributed by atoms with Gasteiger partial charge in [-0.25, -0.2) is 9.78 Å². The second-order valence-corrected chi connectivity index (χ2v) is 10.5. The third kappa shape index (κ3) is 5.48. The lowest BCUT2D eigenvalue weighted by Crippen LogP contribution is -2.51. The standard InChI is InChI=1S/C26H36ClN7O/c1-31(2)24-22-18-34(26(35)28-20-8-6-7-19(27)17-20)12-11-23(22)29-25(30-24)33-15-13-32(14-16-33)21-9-4-3-5-10-21/h6-8,17,21H,3-5,9-16,18H2,1-2H3,(H,28,35). The number of rotatable bonds is 4. The summed E-state index contributed by atoms with van der Waals surface area (Å²) in [5.41, 5.74) is 2.78. The van der Waals surface area contributed by atoms with Gasteiger partial charge in [-0.15, -0.1) is 0 Å². The quantitative estimate of drug-likeness (QED) is 0.681. The van der Waals surface area contributed by atoms with Gasteiger partial charge in [0.2, 0.25) is 5.95 Å². The molecule has 0 radical (unpaired) electrons. The van der Waals surface area contributed by atoms with E-state index in [4.69, 9.17) is 21.6 Å². The minimum Gasteiger partial charge on any atom is -0.362 e. The predicted octanol–water partition coefficient (Wildman–Crippen LogP) is 4.24. The number of nitrogens with zero attached hydrogens (tertiary/aromatic N) is 6. The number of fused-ring (bicyclic) bond motifs is 1. The Morgan fingerprint density at radius 1 is 1.06 bits per heavy atom. The monoisotopic (exact) mass is 497 g/mol. The number of hydrogen-bond donors (Lipinski definition) is 1. The molecule has 9 heteroatoms. The molecule has 1 saturated carbocycles. The molecule has 1 saturated heterocycles. The summed E-state index contributed by atoms with van der Waals surface area (Å²) in [6.45, 7) is 5.22. The number of amides is 2. The second kappa shape index (κ2) is 10.6. The summed E-state index contributed by atoms with van der Waals surface area (Å²) >= 11 is 6.07. The van der Waals surface area contributed by atoms with Gasteiger partial charge in [0.25, 0.3) is 0 Å². The van der Waals surface area contributed by atoms with Crippen LogP contribution >= 0.6 is 11.6 Å². The lowest BCUT2D eigenvalue weighted by Gasteiger charge is -2.41. The fraction of sp³-hybridized carbons (Fsp3) is 0.577. The number of halogens is 1. The molecule has 0 unspecified atom stereocenters. The summed E-state index contributed by atoms with van der Waals surface area (Å²) in [5, 5.41) is 3.56. The first-order valence-electron chi connectivity index (χ1n) is 12.9. The Hall–Kier alpha value is -2.58. The predicted molar refractivity (Wildman–Crippen MR) is 142 cm³/mol. The zero-order valence-electron chi connectivity index (χ0n) is 20.8. The number of benzene rings is 1. The molecular weight excluding hydrogens is 462 g/mol. The van der Waals surface area contributed by atoms with Gasteiger partial charge in [-0.05, 0) is 31.0 Å². The zero-order chi connectivity index (χ0) is 24.4. The largest absolute Gasteiger partial charge is 0.362 e. The Labute approximate surface area is 213 Å². The minimum absolute atomic E-state index is 0.134. The van der Waals surface area contributed by atoms with Crippen molar-refractivity contribution < 1.29 is 4.79 Å². The van der Waals surface area contributed by atoms with Crippen LogP contribution in [0.4, 0.5) is 22.2 Å². The van der Waals surface area contributed by atoms with Crippen molar-refractivity contribution in [1.82, 2.24) is 19.8 Å². The van der Waals surface area contributed by atoms with E-state index in [1.807, 2.05) is 36.0 Å². The van der Waals surface area contributed by atoms with Crippen LogP contribution in [0.3, 0.4) is 0 Å². The summed E-state index contributed by atoms with van der Waals surface area (Å²) in [4.78, 5) is 31.8. The Balaban J connectivity index is 1.28. The lowest BCUT2D eigenvalue weighted by atomic mass is 9.94. The van der Waals surface area contributed by atoms with Gasteiger partial charge in [0, 0.05) is 75.6 Å². The molecule has 1 aliphatic carbocycles. The van der Waals surface area contributed by atoms with Crippen molar-refractivity contribution in [3.8, 4) is 0 Å². The number of carbonyl (C=O) groups is 1. The molecule has 3 aliphatic rings. The lowest BCUT2D eigenvalue weighted by molar-refractivity contribution is 0.147. The van der Waals surface area contributed by atoms with Gasteiger partial charge < -0.3 is 20.0 Å². The Bertz CT molecular complexity index is 1050. The molecule has 1 aromatic carbocycles. The van der Waals surface area contributed by atoms with E-state index in [1.54, 1.807) is 12.1 Å². The third-order valence-corrected chi connectivity index (χ3v) is 7.74. The van der Waals surface area contributed by atoms with Gasteiger partial charge in [0.05, 0.1) is 12.2 Å². The van der Waals surface area contributed by atoms with Crippen molar-refractivity contribution >= 4 is 35.1 Å². The molecule has 0 spiro atoms. The van der Waals surface area contributed by atoms with Gasteiger partial charge in [-0.3, -0.25) is 4.90 Å². The molecule has 5 rings (SSSR count). The first-order valence-corrected chi connectivity index (χ1v) is 13.2. The van der Waals surface area contributed by atoms with E-state index in [9.17, 15) is 4.79 Å². The van der Waals surface area contributed by atoms with E-state index in [2.05, 4.69) is 15.1 Å². The van der Waals surface area contributed by atoms with Gasteiger partial charge >= 0.3 is 6.03 Å². The molecule has 0 bridgehead atoms. The van der Waals surface area contributed by atoms with Crippen LogP contribution in [0.25, 0.3) is 0 Å². The van der Waals surface area contributed by atoms with Crippen LogP contribution in [0.15, 0.2) is 24.3 Å². The van der Waals surface area contributed by atoms with Crippen LogP contribution in [0.1, 0.15) is 43.4 Å². The van der Waals surface area contributed by atoms with E-state index >= 15 is 0 Å². The molecule has 35 heavy (non-hydrogen) atoms. The third-order valence-electron chi connectivity index (χ3n) is 7.50. The average Bonchev–Trinajstić information content (AvgIpc) is 2.88. The number of aromatic nitrogens is 2. The summed E-state index contributed by atoms with van der Waals surface area (Å²) in [6.07, 6.45) is 7.56. The van der Waals surface area contributed by atoms with E-state index in [-0.39, 0.29) is 6.03 Å². The van der Waals surface area contributed by atoms with E-state index in [0.717, 1.165) is 61.7 Å². The molecule has 2 amide bonds. The molecule has 1 aromatic heterocycles. The highest BCUT2D eigenvalue weighted by Crippen LogP contribution is 2.30. The van der Waals surface area contributed by atoms with Crippen LogP contribution in [-0.2, 0) is 13.0 Å². The van der Waals surface area contributed by atoms with Crippen molar-refractivity contribution in [2.45, 2.75) is 51.1 Å². The molecule has 3 heterocycles. The highest BCUT2D eigenvalue weighted by Gasteiger charge is 2.30. The molecule has 2 aliphatic heterocycles. The molecule has 8 nitrogen and oxygen atoms in total. The summed E-state index contributed by atoms with van der Waals surface area (Å²) in [5.74, 6) is 1.73. The fourth-order valence-electron chi connectivity index (χ4n) is 5.57. The first kappa shape index (κ1) is 24.1. The van der Waals surface area contributed by atoms with Crippen LogP contribution in [0.5, 0.6) is 0 Å². The number of carbonyl (C=O) groups excluding carboxylic acids is 1. The number of hydrogen-bond acceptors (Lipinski definition) is 6. The maximum atomic E-state index is 12.9. The minimum atomic E-state index is -0.134. The summed E-state index contributed by atoms with van der Waals surface area (Å²) in [7, 11) is 4.02. The van der Waals surface area contributed by atoms with Gasteiger partial charge in [-0.2, -0.15) is 4.98 Å². The van der Waals surface area contributed by atoms with Gasteiger partial charge in [0.15, 0.2) is 0 Å². The van der Waals surface area contributed by atoms with Crippen molar-refractivity contribution in [3.05, 3.63) is 40.5 Å². The van der Waals surface area contributed by atoms with Crippen molar-refractivity contribution in [1.29, 1.82) is 0 Å². The van der Waals surface area contributed by atoms with E-state index in [1.165, 1.54) is 32.1 Å². The zero-order valence-corrected chi connectivity index (χ0v) is 21.6. The SMILES string of the molecule is CN(C)c1nc(N2CCN(C3CCCCC3)CC2)nc2c1CN(C(=O)Nc1cccc(Cl)c1)CC2. The maximum absolute atomic E-state index is 12.9. The Morgan fingerprint density at radius 2 is 1.83 bits per heavy atom. The number of piperazine rings is 1. The number of urea groups is 1. The van der Waals surface area contributed by atoms with E-state index in [0.29, 0.717) is 23.8 Å². The van der Waals surface area contributed by atoms with Crippen molar-refractivity contribution in [2.24, 2.45) is 0 Å². The number of anilines is 3. The van der Waals surface area contributed by atoms with Crippen molar-refractivity contribution in [2.75, 3.05) is 61.9 Å². The topological polar surface area (TPSA) is 67.8 Å². The normalized spacial score (nSPS) is 19.4. The molecule has 2 fully saturated rings. The summed E-state index contributed by atoms with van der Waals surface area (Å²) in [6, 6.07) is 7.85. The van der Waals surface area contributed by atoms with Gasteiger partial charge in [-0.1, -0.05) is 36.9 Å². The Kier molecular flexibility index (Phi) is 7.29. The fourth-order valence-corrected chi connectivity index (χ4v) is 5.76. The number of nitrogens with one attached hydrogen (secondary N) is 1. The van der Waals surface area contributed by atoms with Crippen LogP contribution in [-0.4, -0.2) is 78.7 Å². The van der Waals surface area contributed by atoms with Crippen LogP contribution < -0.4 is 15.1 Å². The van der Waals surface area contributed by atoms with Gasteiger partial charge in [0.1, 0.15) is 5.82 Å². The second-order valence-electron chi connectivity index (χ2n) is 10.1. The summed E-state index contributed by atoms with van der Waals surface area (Å²) < 4.78 is 0. The first-order chi connectivity index (χ1) is 17.0. The molecule has 1 N–H and O–H groups in total. The van der Waals surface area contributed by atoms with Crippen LogP contribution in [0.2, 0.25) is 5.02 Å². The molecular formula is C26H36ClN7O. The van der Waals surface area contributed by atoms with Crippen LogP contribution in [0, 0.1) is 0 Å². The highest BCUT2D eigenvalue weighted by atomic mass is 35.5. The highest BCUT2D eigenvalue weighted by molar-refractivity contribution is 6.30. The van der Waals surface area contributed by atoms with E-state index < -0.39 is 0 Å². The smallest absolute Gasteiger partial charge is 0.322 e. The molecule has 2 aromatic rings. The maximum Gasteiger partial charge on any atom is 0.322 e. The Morgan fingerprint density at radius 3 is 2.54 bits per heavy atom.